The van der Waals surface area contributed by atoms with Crippen molar-refractivity contribution in [3.63, 3.8) is 0 Å². The van der Waals surface area contributed by atoms with Gasteiger partial charge in [-0.1, -0.05) is 31.6 Å². The van der Waals surface area contributed by atoms with E-state index in [2.05, 4.69) is 26.0 Å². The summed E-state index contributed by atoms with van der Waals surface area (Å²) in [6.07, 6.45) is 11.3. The molecule has 17 heavy (non-hydrogen) atoms. The lowest BCUT2D eigenvalue weighted by Gasteiger charge is -2.32. The Hall–Kier alpha value is -1.11. The second-order valence-electron chi connectivity index (χ2n) is 5.76. The molecule has 0 amide bonds. The van der Waals surface area contributed by atoms with Crippen LogP contribution in [0.2, 0.25) is 0 Å². The maximum Gasteiger partial charge on any atom is 0.0143 e. The molecule has 0 saturated carbocycles. The van der Waals surface area contributed by atoms with Crippen LogP contribution < -0.4 is 0 Å². The number of rotatable bonds is 1. The SMILES string of the molecule is CCC1(C)C2=C(CCC=C2)C2=C1CC(=N)CC2. The van der Waals surface area contributed by atoms with Gasteiger partial charge in [0.2, 0.25) is 0 Å². The van der Waals surface area contributed by atoms with Crippen molar-refractivity contribution in [3.8, 4) is 0 Å². The molecule has 1 N–H and O–H groups in total. The summed E-state index contributed by atoms with van der Waals surface area (Å²) < 4.78 is 0. The Bertz CT molecular complexity index is 476. The number of hydrogen-bond donors (Lipinski definition) is 1. The van der Waals surface area contributed by atoms with E-state index in [0.717, 1.165) is 25.0 Å². The first-order valence-corrected chi connectivity index (χ1v) is 6.86. The molecule has 3 aliphatic rings. The predicted molar refractivity (Wildman–Crippen MR) is 72.4 cm³/mol. The first-order valence-electron chi connectivity index (χ1n) is 6.86. The first kappa shape index (κ1) is 11.0. The minimum Gasteiger partial charge on any atom is -0.309 e. The van der Waals surface area contributed by atoms with Crippen LogP contribution in [0.4, 0.5) is 0 Å². The van der Waals surface area contributed by atoms with E-state index < -0.39 is 0 Å². The minimum absolute atomic E-state index is 0.230. The van der Waals surface area contributed by atoms with Gasteiger partial charge in [0.15, 0.2) is 0 Å². The van der Waals surface area contributed by atoms with Gasteiger partial charge in [0, 0.05) is 17.5 Å². The average molecular weight is 227 g/mol. The highest BCUT2D eigenvalue weighted by molar-refractivity contribution is 5.87. The summed E-state index contributed by atoms with van der Waals surface area (Å²) >= 11 is 0. The average Bonchev–Trinajstić information content (AvgIpc) is 2.61. The van der Waals surface area contributed by atoms with Crippen LogP contribution in [0.3, 0.4) is 0 Å². The molecular formula is C16H21N. The fourth-order valence-electron chi connectivity index (χ4n) is 3.76. The number of allylic oxidation sites excluding steroid dienone is 6. The molecule has 1 unspecified atom stereocenters. The van der Waals surface area contributed by atoms with Crippen molar-refractivity contribution in [2.45, 2.75) is 52.4 Å². The van der Waals surface area contributed by atoms with Crippen LogP contribution in [0.15, 0.2) is 34.4 Å². The summed E-state index contributed by atoms with van der Waals surface area (Å²) in [5.74, 6) is 0. The predicted octanol–water partition coefficient (Wildman–Crippen LogP) is 4.56. The van der Waals surface area contributed by atoms with Crippen LogP contribution in [-0.4, -0.2) is 5.71 Å². The molecule has 0 saturated heterocycles. The number of fused-ring (bicyclic) bond motifs is 1. The van der Waals surface area contributed by atoms with E-state index in [0.29, 0.717) is 0 Å². The zero-order valence-electron chi connectivity index (χ0n) is 10.9. The Kier molecular flexibility index (Phi) is 2.39. The standard InChI is InChI=1S/C16H21N/c1-3-16(2)14-7-5-4-6-12(14)13-9-8-11(17)10-15(13)16/h5,7,17H,3-4,6,8-10H2,1-2H3. The van der Waals surface area contributed by atoms with Crippen molar-refractivity contribution >= 4 is 5.71 Å². The van der Waals surface area contributed by atoms with Crippen LogP contribution in [0.25, 0.3) is 0 Å². The van der Waals surface area contributed by atoms with Gasteiger partial charge in [-0.15, -0.1) is 0 Å². The van der Waals surface area contributed by atoms with Gasteiger partial charge in [0.25, 0.3) is 0 Å². The lowest BCUT2D eigenvalue weighted by Crippen LogP contribution is -2.22. The summed E-state index contributed by atoms with van der Waals surface area (Å²) in [6, 6.07) is 0. The van der Waals surface area contributed by atoms with Crippen LogP contribution in [0.1, 0.15) is 52.4 Å². The zero-order chi connectivity index (χ0) is 12.0. The quantitative estimate of drug-likeness (QED) is 0.679. The fourth-order valence-corrected chi connectivity index (χ4v) is 3.76. The lowest BCUT2D eigenvalue weighted by atomic mass is 9.72. The Morgan fingerprint density at radius 2 is 2.06 bits per heavy atom. The highest BCUT2D eigenvalue weighted by Crippen LogP contribution is 2.55. The Morgan fingerprint density at radius 1 is 1.24 bits per heavy atom. The molecule has 0 radical (unpaired) electrons. The monoisotopic (exact) mass is 227 g/mol. The summed E-state index contributed by atoms with van der Waals surface area (Å²) in [4.78, 5) is 0. The summed E-state index contributed by atoms with van der Waals surface area (Å²) in [6.45, 7) is 4.68. The normalized spacial score (nSPS) is 32.0. The molecule has 90 valence electrons. The maximum absolute atomic E-state index is 7.98. The molecule has 0 heterocycles. The van der Waals surface area contributed by atoms with Crippen LogP contribution in [-0.2, 0) is 0 Å². The Balaban J connectivity index is 2.14. The highest BCUT2D eigenvalue weighted by atomic mass is 14.5. The maximum atomic E-state index is 7.98. The van der Waals surface area contributed by atoms with E-state index in [1.807, 2.05) is 0 Å². The van der Waals surface area contributed by atoms with E-state index >= 15 is 0 Å². The van der Waals surface area contributed by atoms with Crippen LogP contribution in [0.5, 0.6) is 0 Å². The van der Waals surface area contributed by atoms with Crippen molar-refractivity contribution < 1.29 is 0 Å². The van der Waals surface area contributed by atoms with Gasteiger partial charge in [-0.2, -0.15) is 0 Å². The summed E-state index contributed by atoms with van der Waals surface area (Å²) in [7, 11) is 0. The van der Waals surface area contributed by atoms with E-state index in [1.54, 1.807) is 22.3 Å². The van der Waals surface area contributed by atoms with E-state index in [-0.39, 0.29) is 5.41 Å². The molecule has 0 aromatic heterocycles. The van der Waals surface area contributed by atoms with E-state index in [1.165, 1.54) is 19.3 Å². The van der Waals surface area contributed by atoms with E-state index in [9.17, 15) is 0 Å². The largest absolute Gasteiger partial charge is 0.309 e. The number of hydrogen-bond acceptors (Lipinski definition) is 1. The second-order valence-corrected chi connectivity index (χ2v) is 5.76. The lowest BCUT2D eigenvalue weighted by molar-refractivity contribution is 0.467. The molecule has 0 fully saturated rings. The summed E-state index contributed by atoms with van der Waals surface area (Å²) in [5, 5.41) is 7.98. The topological polar surface area (TPSA) is 23.9 Å². The molecule has 1 nitrogen and oxygen atoms in total. The molecule has 1 heteroatoms. The van der Waals surface area contributed by atoms with Gasteiger partial charge in [0.1, 0.15) is 0 Å². The third kappa shape index (κ3) is 1.41. The first-order chi connectivity index (χ1) is 8.16. The zero-order valence-corrected chi connectivity index (χ0v) is 10.9. The van der Waals surface area contributed by atoms with Gasteiger partial charge >= 0.3 is 0 Å². The van der Waals surface area contributed by atoms with Crippen LogP contribution in [0, 0.1) is 10.8 Å². The molecule has 3 aliphatic carbocycles. The van der Waals surface area contributed by atoms with Crippen molar-refractivity contribution in [2.75, 3.05) is 0 Å². The van der Waals surface area contributed by atoms with E-state index in [4.69, 9.17) is 5.41 Å². The fraction of sp³-hybridized carbons (Fsp3) is 0.562. The summed E-state index contributed by atoms with van der Waals surface area (Å²) in [5.41, 5.74) is 7.59. The molecule has 1 atom stereocenters. The van der Waals surface area contributed by atoms with Crippen molar-refractivity contribution in [2.24, 2.45) is 5.41 Å². The number of nitrogens with one attached hydrogen (secondary N) is 1. The van der Waals surface area contributed by atoms with Crippen molar-refractivity contribution in [1.82, 2.24) is 0 Å². The third-order valence-corrected chi connectivity index (χ3v) is 4.93. The van der Waals surface area contributed by atoms with Crippen molar-refractivity contribution in [3.05, 3.63) is 34.4 Å². The molecule has 3 rings (SSSR count). The van der Waals surface area contributed by atoms with Gasteiger partial charge in [-0.25, -0.2) is 0 Å². The highest BCUT2D eigenvalue weighted by Gasteiger charge is 2.42. The Labute approximate surface area is 104 Å². The molecule has 0 bridgehead atoms. The molecule has 0 aromatic carbocycles. The van der Waals surface area contributed by atoms with Gasteiger partial charge in [0.05, 0.1) is 0 Å². The molecule has 0 spiro atoms. The smallest absolute Gasteiger partial charge is 0.0143 e. The van der Waals surface area contributed by atoms with Gasteiger partial charge < -0.3 is 5.41 Å². The molecule has 0 aliphatic heterocycles. The van der Waals surface area contributed by atoms with Gasteiger partial charge in [-0.3, -0.25) is 0 Å². The third-order valence-electron chi connectivity index (χ3n) is 4.93. The molecular weight excluding hydrogens is 206 g/mol. The van der Waals surface area contributed by atoms with Gasteiger partial charge in [-0.05, 0) is 48.8 Å². The van der Waals surface area contributed by atoms with Crippen LogP contribution >= 0.6 is 0 Å². The Morgan fingerprint density at radius 3 is 2.82 bits per heavy atom. The second kappa shape index (κ2) is 3.69. The minimum atomic E-state index is 0.230. The van der Waals surface area contributed by atoms with Crippen molar-refractivity contribution in [1.29, 1.82) is 5.41 Å². The molecule has 0 aromatic rings.